The van der Waals surface area contributed by atoms with Crippen LogP contribution in [0.25, 0.3) is 27.7 Å². The first kappa shape index (κ1) is 21.0. The Kier molecular flexibility index (Phi) is 4.84. The van der Waals surface area contributed by atoms with Crippen molar-refractivity contribution in [2.75, 3.05) is 7.11 Å². The molecule has 0 aliphatic carbocycles. The molecule has 1 atom stereocenters. The van der Waals surface area contributed by atoms with E-state index in [1.54, 1.807) is 17.9 Å². The van der Waals surface area contributed by atoms with Crippen LogP contribution in [-0.2, 0) is 16.1 Å². The van der Waals surface area contributed by atoms with Crippen molar-refractivity contribution < 1.29 is 19.1 Å². The lowest BCUT2D eigenvalue weighted by Crippen LogP contribution is -2.52. The van der Waals surface area contributed by atoms with Crippen molar-refractivity contribution >= 4 is 28.5 Å². The smallest absolute Gasteiger partial charge is 0.255 e. The standard InChI is InChI=1S/C26H21N5O4/c1-35-20-6-4-15-10-17(3-2-16(15)12-20)22-14-31(29-28-22)19-5-7-21-18(11-19)13-30(26(21)34)23-8-9-24(32)27-25(23)33/h2-7,10-12,14,23H,8-9,13H2,1H3,(H,27,32,33). The molecular weight excluding hydrogens is 446 g/mol. The Bertz CT molecular complexity index is 1530. The highest BCUT2D eigenvalue weighted by Gasteiger charge is 2.39. The van der Waals surface area contributed by atoms with Crippen LogP contribution in [0.1, 0.15) is 28.8 Å². The number of carbonyl (C=O) groups excluding carboxylic acids is 3. The van der Waals surface area contributed by atoms with Crippen LogP contribution < -0.4 is 10.1 Å². The Labute approximate surface area is 200 Å². The van der Waals surface area contributed by atoms with Crippen LogP contribution in [-0.4, -0.2) is 50.8 Å². The van der Waals surface area contributed by atoms with Crippen molar-refractivity contribution in [2.45, 2.75) is 25.4 Å². The molecule has 2 aliphatic rings. The highest BCUT2D eigenvalue weighted by Crippen LogP contribution is 2.30. The Morgan fingerprint density at radius 2 is 1.83 bits per heavy atom. The number of fused-ring (bicyclic) bond motifs is 2. The lowest BCUT2D eigenvalue weighted by Gasteiger charge is -2.29. The van der Waals surface area contributed by atoms with E-state index in [0.717, 1.165) is 39.0 Å². The molecule has 0 bridgehead atoms. The zero-order chi connectivity index (χ0) is 24.1. The highest BCUT2D eigenvalue weighted by atomic mass is 16.5. The number of hydrogen-bond acceptors (Lipinski definition) is 6. The summed E-state index contributed by atoms with van der Waals surface area (Å²) < 4.78 is 6.97. The molecule has 1 unspecified atom stereocenters. The number of benzene rings is 3. The van der Waals surface area contributed by atoms with Gasteiger partial charge in [0.05, 0.1) is 19.0 Å². The summed E-state index contributed by atoms with van der Waals surface area (Å²) in [6, 6.07) is 16.8. The van der Waals surface area contributed by atoms with Crippen molar-refractivity contribution in [3.05, 3.63) is 71.9 Å². The molecule has 9 nitrogen and oxygen atoms in total. The SMILES string of the molecule is COc1ccc2cc(-c3cn(-c4ccc5c(c4)CN(C4CCC(=O)NC4=O)C5=O)nn3)ccc2c1. The third kappa shape index (κ3) is 3.61. The molecule has 9 heteroatoms. The number of ether oxygens (including phenoxy) is 1. The number of amides is 3. The predicted octanol–water partition coefficient (Wildman–Crippen LogP) is 2.86. The van der Waals surface area contributed by atoms with Gasteiger partial charge in [-0.3, -0.25) is 19.7 Å². The molecule has 35 heavy (non-hydrogen) atoms. The van der Waals surface area contributed by atoms with Gasteiger partial charge in [0.2, 0.25) is 11.8 Å². The van der Waals surface area contributed by atoms with Crippen LogP contribution in [0, 0.1) is 0 Å². The molecule has 0 spiro atoms. The molecule has 1 aromatic heterocycles. The van der Waals surface area contributed by atoms with Gasteiger partial charge in [0.25, 0.3) is 5.91 Å². The van der Waals surface area contributed by atoms with Gasteiger partial charge in [-0.15, -0.1) is 5.10 Å². The molecular formula is C26H21N5O4. The van der Waals surface area contributed by atoms with E-state index in [1.807, 2.05) is 48.7 Å². The van der Waals surface area contributed by atoms with E-state index in [2.05, 4.69) is 21.7 Å². The van der Waals surface area contributed by atoms with Crippen molar-refractivity contribution in [3.63, 3.8) is 0 Å². The van der Waals surface area contributed by atoms with E-state index in [1.165, 1.54) is 4.90 Å². The van der Waals surface area contributed by atoms with Gasteiger partial charge in [-0.05, 0) is 59.2 Å². The van der Waals surface area contributed by atoms with Crippen molar-refractivity contribution in [1.29, 1.82) is 0 Å². The fraction of sp³-hybridized carbons (Fsp3) is 0.192. The molecule has 1 N–H and O–H groups in total. The van der Waals surface area contributed by atoms with Gasteiger partial charge >= 0.3 is 0 Å². The summed E-state index contributed by atoms with van der Waals surface area (Å²) in [5.41, 5.74) is 3.81. The van der Waals surface area contributed by atoms with Gasteiger partial charge in [-0.1, -0.05) is 23.4 Å². The lowest BCUT2D eigenvalue weighted by atomic mass is 10.0. The third-order valence-corrected chi connectivity index (χ3v) is 6.61. The van der Waals surface area contributed by atoms with E-state index in [0.29, 0.717) is 18.5 Å². The van der Waals surface area contributed by atoms with Crippen molar-refractivity contribution in [3.8, 4) is 22.7 Å². The molecule has 0 radical (unpaired) electrons. The minimum atomic E-state index is -0.637. The molecule has 174 valence electrons. The zero-order valence-electron chi connectivity index (χ0n) is 18.9. The largest absolute Gasteiger partial charge is 0.497 e. The van der Waals surface area contributed by atoms with Crippen molar-refractivity contribution in [2.24, 2.45) is 0 Å². The first-order valence-electron chi connectivity index (χ1n) is 11.3. The lowest BCUT2D eigenvalue weighted by molar-refractivity contribution is -0.136. The number of piperidine rings is 1. The van der Waals surface area contributed by atoms with Gasteiger partial charge in [0, 0.05) is 24.1 Å². The topological polar surface area (TPSA) is 106 Å². The quantitative estimate of drug-likeness (QED) is 0.463. The normalized spacial score (nSPS) is 17.6. The molecule has 6 rings (SSSR count). The summed E-state index contributed by atoms with van der Waals surface area (Å²) in [6.07, 6.45) is 2.41. The maximum Gasteiger partial charge on any atom is 0.255 e. The van der Waals surface area contributed by atoms with E-state index in [4.69, 9.17) is 4.74 Å². The summed E-state index contributed by atoms with van der Waals surface area (Å²) in [6.45, 7) is 0.309. The number of nitrogens with one attached hydrogen (secondary N) is 1. The van der Waals surface area contributed by atoms with Gasteiger partial charge in [0.1, 0.15) is 17.5 Å². The minimum Gasteiger partial charge on any atom is -0.497 e. The Balaban J connectivity index is 1.26. The average molecular weight is 467 g/mol. The second-order valence-electron chi connectivity index (χ2n) is 8.72. The number of hydrogen-bond donors (Lipinski definition) is 1. The van der Waals surface area contributed by atoms with Gasteiger partial charge < -0.3 is 9.64 Å². The first-order valence-corrected chi connectivity index (χ1v) is 11.3. The number of carbonyl (C=O) groups is 3. The molecule has 0 saturated carbocycles. The van der Waals surface area contributed by atoms with E-state index < -0.39 is 11.9 Å². The van der Waals surface area contributed by atoms with Crippen LogP contribution in [0.5, 0.6) is 5.75 Å². The summed E-state index contributed by atoms with van der Waals surface area (Å²) >= 11 is 0. The van der Waals surface area contributed by atoms with Gasteiger partial charge in [0.15, 0.2) is 0 Å². The third-order valence-electron chi connectivity index (χ3n) is 6.61. The number of rotatable bonds is 4. The van der Waals surface area contributed by atoms with Crippen LogP contribution in [0.3, 0.4) is 0 Å². The summed E-state index contributed by atoms with van der Waals surface area (Å²) in [5.74, 6) is -0.112. The number of imide groups is 1. The summed E-state index contributed by atoms with van der Waals surface area (Å²) in [7, 11) is 1.65. The molecule has 2 aliphatic heterocycles. The highest BCUT2D eigenvalue weighted by molar-refractivity contribution is 6.05. The Hall–Kier alpha value is -4.53. The fourth-order valence-corrected chi connectivity index (χ4v) is 4.74. The zero-order valence-corrected chi connectivity index (χ0v) is 18.9. The summed E-state index contributed by atoms with van der Waals surface area (Å²) in [4.78, 5) is 38.2. The Morgan fingerprint density at radius 3 is 2.66 bits per heavy atom. The van der Waals surface area contributed by atoms with E-state index >= 15 is 0 Å². The molecule has 3 heterocycles. The Morgan fingerprint density at radius 1 is 1.00 bits per heavy atom. The monoisotopic (exact) mass is 467 g/mol. The second-order valence-corrected chi connectivity index (χ2v) is 8.72. The number of nitrogens with zero attached hydrogens (tertiary/aromatic N) is 4. The van der Waals surface area contributed by atoms with Crippen LogP contribution >= 0.6 is 0 Å². The second kappa shape index (κ2) is 8.05. The van der Waals surface area contributed by atoms with Crippen LogP contribution in [0.2, 0.25) is 0 Å². The fourth-order valence-electron chi connectivity index (χ4n) is 4.74. The maximum atomic E-state index is 12.9. The number of aromatic nitrogens is 3. The van der Waals surface area contributed by atoms with Crippen molar-refractivity contribution in [1.82, 2.24) is 25.2 Å². The number of methoxy groups -OCH3 is 1. The first-order chi connectivity index (χ1) is 17.0. The van der Waals surface area contributed by atoms with Gasteiger partial charge in [-0.25, -0.2) is 4.68 Å². The van der Waals surface area contributed by atoms with Crippen LogP contribution in [0.4, 0.5) is 0 Å². The molecule has 1 fully saturated rings. The molecule has 4 aromatic rings. The maximum absolute atomic E-state index is 12.9. The summed E-state index contributed by atoms with van der Waals surface area (Å²) in [5, 5.41) is 13.1. The van der Waals surface area contributed by atoms with E-state index in [9.17, 15) is 14.4 Å². The minimum absolute atomic E-state index is 0.201. The van der Waals surface area contributed by atoms with Gasteiger partial charge in [-0.2, -0.15) is 0 Å². The average Bonchev–Trinajstić information content (AvgIpc) is 3.48. The van der Waals surface area contributed by atoms with Crippen LogP contribution in [0.15, 0.2) is 60.8 Å². The molecule has 3 amide bonds. The molecule has 3 aromatic carbocycles. The molecule has 1 saturated heterocycles. The van der Waals surface area contributed by atoms with E-state index in [-0.39, 0.29) is 18.2 Å². The predicted molar refractivity (Wildman–Crippen MR) is 127 cm³/mol.